The summed E-state index contributed by atoms with van der Waals surface area (Å²) >= 11 is 0. The molecule has 0 aromatic heterocycles. The van der Waals surface area contributed by atoms with Gasteiger partial charge in [-0.1, -0.05) is 30.9 Å². The maximum atomic E-state index is 14.9. The predicted molar refractivity (Wildman–Crippen MR) is 129 cm³/mol. The summed E-state index contributed by atoms with van der Waals surface area (Å²) in [6.07, 6.45) is 13.4. The molecule has 2 saturated carbocycles. The molecule has 2 fully saturated rings. The lowest BCUT2D eigenvalue weighted by Crippen LogP contribution is -2.30. The third-order valence-electron chi connectivity index (χ3n) is 7.20. The minimum atomic E-state index is -0.690. The van der Waals surface area contributed by atoms with Crippen molar-refractivity contribution in [3.63, 3.8) is 0 Å². The first-order valence-electron chi connectivity index (χ1n) is 12.1. The number of fused-ring (bicyclic) bond motifs is 1. The van der Waals surface area contributed by atoms with E-state index in [1.54, 1.807) is 42.5 Å². The second-order valence-electron chi connectivity index (χ2n) is 9.33. The van der Waals surface area contributed by atoms with E-state index in [9.17, 15) is 9.18 Å². The van der Waals surface area contributed by atoms with E-state index in [-0.39, 0.29) is 5.56 Å². The van der Waals surface area contributed by atoms with Crippen LogP contribution in [0.1, 0.15) is 67.3 Å². The molecule has 0 aliphatic heterocycles. The van der Waals surface area contributed by atoms with Crippen molar-refractivity contribution in [3.8, 4) is 11.5 Å². The van der Waals surface area contributed by atoms with Crippen LogP contribution in [-0.4, -0.2) is 12.6 Å². The number of rotatable bonds is 7. The molecule has 4 unspecified atom stereocenters. The molecule has 2 aromatic rings. The summed E-state index contributed by atoms with van der Waals surface area (Å²) in [5, 5.41) is 0. The lowest BCUT2D eigenvalue weighted by Gasteiger charge is -2.41. The number of carbonyl (C=O) groups is 1. The van der Waals surface area contributed by atoms with Crippen LogP contribution in [0.3, 0.4) is 0 Å². The second kappa shape index (κ2) is 10.8. The van der Waals surface area contributed by atoms with Crippen LogP contribution in [0.15, 0.2) is 67.3 Å². The predicted octanol–water partition coefficient (Wildman–Crippen LogP) is 7.49. The van der Waals surface area contributed by atoms with Gasteiger partial charge in [-0.25, -0.2) is 9.18 Å². The van der Waals surface area contributed by atoms with Gasteiger partial charge in [-0.3, -0.25) is 0 Å². The normalized spacial score (nSPS) is 24.8. The van der Waals surface area contributed by atoms with Crippen molar-refractivity contribution < 1.29 is 18.7 Å². The Bertz CT molecular complexity index is 994. The van der Waals surface area contributed by atoms with Crippen molar-refractivity contribution in [3.05, 3.63) is 84.2 Å². The molecule has 0 N–H and O–H groups in total. The van der Waals surface area contributed by atoms with E-state index in [1.807, 2.05) is 6.07 Å². The highest BCUT2D eigenvalue weighted by Crippen LogP contribution is 2.48. The van der Waals surface area contributed by atoms with Gasteiger partial charge in [0.1, 0.15) is 23.9 Å². The summed E-state index contributed by atoms with van der Waals surface area (Å²) in [6, 6.07) is 11.7. The molecule has 0 radical (unpaired) electrons. The van der Waals surface area contributed by atoms with Gasteiger partial charge in [-0.2, -0.15) is 0 Å². The van der Waals surface area contributed by atoms with Gasteiger partial charge in [0.05, 0.1) is 5.56 Å². The molecule has 0 saturated heterocycles. The molecule has 2 aliphatic carbocycles. The Morgan fingerprint density at radius 2 is 1.76 bits per heavy atom. The number of allylic oxidation sites excluding steroid dienone is 2. The number of carbonyl (C=O) groups excluding carboxylic acids is 1. The Labute approximate surface area is 196 Å². The van der Waals surface area contributed by atoms with E-state index in [0.29, 0.717) is 24.0 Å². The Hall–Kier alpha value is -2.88. The molecule has 0 bridgehead atoms. The Morgan fingerprint density at radius 3 is 2.48 bits per heavy atom. The number of esters is 1. The molecule has 0 spiro atoms. The fraction of sp³-hybridized carbons (Fsp3) is 0.414. The van der Waals surface area contributed by atoms with Crippen LogP contribution < -0.4 is 9.47 Å². The molecule has 0 amide bonds. The first-order valence-corrected chi connectivity index (χ1v) is 12.1. The zero-order valence-corrected chi connectivity index (χ0v) is 19.3. The summed E-state index contributed by atoms with van der Waals surface area (Å²) in [7, 11) is 0. The first kappa shape index (κ1) is 23.3. The summed E-state index contributed by atoms with van der Waals surface area (Å²) in [4.78, 5) is 12.5. The third kappa shape index (κ3) is 5.73. The smallest absolute Gasteiger partial charge is 0.346 e. The van der Waals surface area contributed by atoms with Gasteiger partial charge in [0.15, 0.2) is 0 Å². The molecule has 33 heavy (non-hydrogen) atoms. The molecule has 4 atom stereocenters. The number of hydrogen-bond acceptors (Lipinski definition) is 3. The standard InChI is InChI=1S/C29H33FO3/c1-3-5-20-6-7-22-18-23(9-8-21(22)17-20)24-10-15-27(28(30)19-24)29(31)33-26-13-11-25(12-14-26)32-16-4-2/h3-5,10-15,19-23H,2,6-9,16-18H2,1H3/b5-3+. The molecule has 174 valence electrons. The zero-order chi connectivity index (χ0) is 23.2. The number of ether oxygens (including phenoxy) is 2. The monoisotopic (exact) mass is 448 g/mol. The van der Waals surface area contributed by atoms with Crippen molar-refractivity contribution in [2.24, 2.45) is 17.8 Å². The molecule has 0 heterocycles. The molecule has 2 aromatic carbocycles. The van der Waals surface area contributed by atoms with E-state index < -0.39 is 11.8 Å². The van der Waals surface area contributed by atoms with Gasteiger partial charge in [0.2, 0.25) is 0 Å². The highest BCUT2D eigenvalue weighted by Gasteiger charge is 2.35. The average molecular weight is 449 g/mol. The molecular formula is C29H33FO3. The van der Waals surface area contributed by atoms with Gasteiger partial charge in [0, 0.05) is 0 Å². The topological polar surface area (TPSA) is 35.5 Å². The van der Waals surface area contributed by atoms with Crippen molar-refractivity contribution in [2.75, 3.05) is 6.61 Å². The van der Waals surface area contributed by atoms with Crippen molar-refractivity contribution >= 4 is 5.97 Å². The SMILES string of the molecule is C=CCOc1ccc(OC(=O)c2ccc(C3CCC4CC(/C=C/C)CCC4C3)cc2F)cc1. The van der Waals surface area contributed by atoms with Crippen LogP contribution in [0.25, 0.3) is 0 Å². The van der Waals surface area contributed by atoms with Gasteiger partial charge in [-0.15, -0.1) is 0 Å². The van der Waals surface area contributed by atoms with Crippen LogP contribution >= 0.6 is 0 Å². The summed E-state index contributed by atoms with van der Waals surface area (Å²) in [5.41, 5.74) is 0.966. The van der Waals surface area contributed by atoms with E-state index in [1.165, 1.54) is 25.7 Å². The maximum absolute atomic E-state index is 14.9. The minimum absolute atomic E-state index is 0.0359. The van der Waals surface area contributed by atoms with Crippen molar-refractivity contribution in [1.29, 1.82) is 0 Å². The number of halogens is 1. The second-order valence-corrected chi connectivity index (χ2v) is 9.33. The number of hydrogen-bond donors (Lipinski definition) is 0. The fourth-order valence-corrected chi connectivity index (χ4v) is 5.55. The van der Waals surface area contributed by atoms with Gasteiger partial charge in [-0.05, 0) is 111 Å². The number of benzene rings is 2. The quantitative estimate of drug-likeness (QED) is 0.250. The Balaban J connectivity index is 1.37. The van der Waals surface area contributed by atoms with E-state index >= 15 is 0 Å². The Morgan fingerprint density at radius 1 is 1.03 bits per heavy atom. The average Bonchev–Trinajstić information content (AvgIpc) is 2.83. The van der Waals surface area contributed by atoms with E-state index in [4.69, 9.17) is 9.47 Å². The maximum Gasteiger partial charge on any atom is 0.346 e. The highest BCUT2D eigenvalue weighted by atomic mass is 19.1. The minimum Gasteiger partial charge on any atom is -0.490 e. The van der Waals surface area contributed by atoms with Gasteiger partial charge < -0.3 is 9.47 Å². The van der Waals surface area contributed by atoms with Crippen LogP contribution in [0, 0.1) is 23.6 Å². The summed E-state index contributed by atoms with van der Waals surface area (Å²) in [6.45, 7) is 6.11. The van der Waals surface area contributed by atoms with Crippen LogP contribution in [0.5, 0.6) is 11.5 Å². The molecule has 2 aliphatic rings. The molecule has 4 rings (SSSR count). The van der Waals surface area contributed by atoms with Gasteiger partial charge in [0.25, 0.3) is 0 Å². The fourth-order valence-electron chi connectivity index (χ4n) is 5.55. The third-order valence-corrected chi connectivity index (χ3v) is 7.20. The van der Waals surface area contributed by atoms with Crippen molar-refractivity contribution in [2.45, 2.75) is 51.4 Å². The zero-order valence-electron chi connectivity index (χ0n) is 19.3. The van der Waals surface area contributed by atoms with E-state index in [2.05, 4.69) is 25.7 Å². The highest BCUT2D eigenvalue weighted by molar-refractivity contribution is 5.91. The lowest BCUT2D eigenvalue weighted by molar-refractivity contribution is 0.0729. The molecule has 4 heteroatoms. The summed E-state index contributed by atoms with van der Waals surface area (Å²) < 4.78 is 25.7. The van der Waals surface area contributed by atoms with Crippen LogP contribution in [-0.2, 0) is 0 Å². The lowest BCUT2D eigenvalue weighted by atomic mass is 9.64. The van der Waals surface area contributed by atoms with Crippen LogP contribution in [0.4, 0.5) is 4.39 Å². The summed E-state index contributed by atoms with van der Waals surface area (Å²) in [5.74, 6) is 2.42. The van der Waals surface area contributed by atoms with Crippen LogP contribution in [0.2, 0.25) is 0 Å². The first-order chi connectivity index (χ1) is 16.1. The largest absolute Gasteiger partial charge is 0.490 e. The van der Waals surface area contributed by atoms with Gasteiger partial charge >= 0.3 is 5.97 Å². The van der Waals surface area contributed by atoms with E-state index in [0.717, 1.165) is 36.2 Å². The Kier molecular flexibility index (Phi) is 7.64. The van der Waals surface area contributed by atoms with Crippen molar-refractivity contribution in [1.82, 2.24) is 0 Å². The molecular weight excluding hydrogens is 415 g/mol. The molecule has 3 nitrogen and oxygen atoms in total.